The molecule has 0 aliphatic carbocycles. The van der Waals surface area contributed by atoms with Gasteiger partial charge in [0.05, 0.1) is 0 Å². The summed E-state index contributed by atoms with van der Waals surface area (Å²) in [5.41, 5.74) is 5.33. The zero-order valence-electron chi connectivity index (χ0n) is 14.8. The number of nitrogens with one attached hydrogen (secondary N) is 2. The zero-order chi connectivity index (χ0) is 16.9. The summed E-state index contributed by atoms with van der Waals surface area (Å²) in [6.07, 6.45) is 2.01. The average molecular weight is 321 g/mol. The summed E-state index contributed by atoms with van der Waals surface area (Å²) in [5.74, 6) is 0. The highest BCUT2D eigenvalue weighted by Gasteiger charge is 2.08. The fraction of sp³-hybridized carbons (Fsp3) is 0.333. The van der Waals surface area contributed by atoms with Crippen molar-refractivity contribution in [2.45, 2.75) is 39.5 Å². The van der Waals surface area contributed by atoms with Crippen molar-refractivity contribution in [3.8, 4) is 0 Å². The van der Waals surface area contributed by atoms with E-state index in [-0.39, 0.29) is 0 Å². The maximum atomic E-state index is 3.61. The molecular weight excluding hydrogens is 294 g/mol. The molecular formula is C21H27N3. The normalized spacial score (nSPS) is 11.7. The summed E-state index contributed by atoms with van der Waals surface area (Å²) in [5, 5.41) is 4.91. The van der Waals surface area contributed by atoms with Crippen molar-refractivity contribution >= 4 is 10.9 Å². The Bertz CT molecular complexity index is 788. The summed E-state index contributed by atoms with van der Waals surface area (Å²) in [6, 6.07) is 17.9. The molecule has 2 aromatic carbocycles. The number of H-pyrrole nitrogens is 1. The Balaban J connectivity index is 1.66. The number of aromatic nitrogens is 1. The molecule has 3 rings (SSSR count). The Morgan fingerprint density at radius 2 is 1.62 bits per heavy atom. The highest BCUT2D eigenvalue weighted by molar-refractivity contribution is 5.82. The standard InChI is InChI=1S/C21H27N3/c1-16(2)24(3)15-19-8-5-4-7-17(19)13-22-14-18-9-6-10-21-20(18)11-12-23-21/h4-12,16,22-23H,13-15H2,1-3H3. The Hall–Kier alpha value is -2.10. The molecule has 0 atom stereocenters. The Labute approximate surface area is 144 Å². The summed E-state index contributed by atoms with van der Waals surface area (Å²) in [6.45, 7) is 7.23. The summed E-state index contributed by atoms with van der Waals surface area (Å²) in [4.78, 5) is 5.65. The molecule has 1 heterocycles. The molecule has 0 saturated heterocycles. The van der Waals surface area contributed by atoms with E-state index in [9.17, 15) is 0 Å². The number of hydrogen-bond acceptors (Lipinski definition) is 2. The van der Waals surface area contributed by atoms with E-state index in [1.54, 1.807) is 0 Å². The van der Waals surface area contributed by atoms with E-state index >= 15 is 0 Å². The Kier molecular flexibility index (Phi) is 5.34. The number of hydrogen-bond donors (Lipinski definition) is 2. The van der Waals surface area contributed by atoms with Gasteiger partial charge in [0.25, 0.3) is 0 Å². The minimum atomic E-state index is 0.553. The number of rotatable bonds is 7. The molecule has 126 valence electrons. The fourth-order valence-electron chi connectivity index (χ4n) is 2.97. The molecule has 2 N–H and O–H groups in total. The van der Waals surface area contributed by atoms with Crippen molar-refractivity contribution in [2.24, 2.45) is 0 Å². The first-order valence-corrected chi connectivity index (χ1v) is 8.68. The van der Waals surface area contributed by atoms with Gasteiger partial charge < -0.3 is 10.3 Å². The van der Waals surface area contributed by atoms with Crippen LogP contribution in [0.2, 0.25) is 0 Å². The predicted octanol–water partition coefficient (Wildman–Crippen LogP) is 4.30. The molecule has 24 heavy (non-hydrogen) atoms. The van der Waals surface area contributed by atoms with Crippen molar-refractivity contribution in [1.82, 2.24) is 15.2 Å². The lowest BCUT2D eigenvalue weighted by Gasteiger charge is -2.22. The van der Waals surface area contributed by atoms with Gasteiger partial charge in [-0.3, -0.25) is 4.90 Å². The zero-order valence-corrected chi connectivity index (χ0v) is 14.8. The third-order valence-corrected chi connectivity index (χ3v) is 4.74. The molecule has 3 heteroatoms. The van der Waals surface area contributed by atoms with Crippen LogP contribution in [0.5, 0.6) is 0 Å². The lowest BCUT2D eigenvalue weighted by atomic mass is 10.1. The molecule has 3 nitrogen and oxygen atoms in total. The van der Waals surface area contributed by atoms with Crippen LogP contribution in [0.4, 0.5) is 0 Å². The molecule has 3 aromatic rings. The number of fused-ring (bicyclic) bond motifs is 1. The largest absolute Gasteiger partial charge is 0.361 e. The van der Waals surface area contributed by atoms with E-state index in [1.807, 2.05) is 6.20 Å². The summed E-state index contributed by atoms with van der Waals surface area (Å²) in [7, 11) is 2.18. The average Bonchev–Trinajstić information content (AvgIpc) is 3.05. The van der Waals surface area contributed by atoms with E-state index in [1.165, 1.54) is 27.6 Å². The predicted molar refractivity (Wildman–Crippen MR) is 102 cm³/mol. The monoisotopic (exact) mass is 321 g/mol. The SMILES string of the molecule is CC(C)N(C)Cc1ccccc1CNCc1cccc2[nH]ccc12. The van der Waals surface area contributed by atoms with Crippen LogP contribution < -0.4 is 5.32 Å². The lowest BCUT2D eigenvalue weighted by Crippen LogP contribution is -2.26. The second-order valence-electron chi connectivity index (χ2n) is 6.74. The van der Waals surface area contributed by atoms with Crippen LogP contribution >= 0.6 is 0 Å². The van der Waals surface area contributed by atoms with Gasteiger partial charge in [-0.2, -0.15) is 0 Å². The van der Waals surface area contributed by atoms with Crippen molar-refractivity contribution in [2.75, 3.05) is 7.05 Å². The Morgan fingerprint density at radius 1 is 0.917 bits per heavy atom. The molecule has 0 spiro atoms. The van der Waals surface area contributed by atoms with E-state index < -0.39 is 0 Å². The van der Waals surface area contributed by atoms with Gasteiger partial charge >= 0.3 is 0 Å². The van der Waals surface area contributed by atoms with Gasteiger partial charge in [-0.1, -0.05) is 36.4 Å². The smallest absolute Gasteiger partial charge is 0.0457 e. The van der Waals surface area contributed by atoms with Crippen LogP contribution in [0.1, 0.15) is 30.5 Å². The fourth-order valence-corrected chi connectivity index (χ4v) is 2.97. The van der Waals surface area contributed by atoms with Crippen LogP contribution in [0.15, 0.2) is 54.7 Å². The van der Waals surface area contributed by atoms with E-state index in [2.05, 4.69) is 84.6 Å². The van der Waals surface area contributed by atoms with Gasteiger partial charge in [-0.25, -0.2) is 0 Å². The minimum Gasteiger partial charge on any atom is -0.361 e. The van der Waals surface area contributed by atoms with E-state index in [4.69, 9.17) is 0 Å². The molecule has 0 amide bonds. The molecule has 0 fully saturated rings. The van der Waals surface area contributed by atoms with Crippen molar-refractivity contribution in [3.63, 3.8) is 0 Å². The van der Waals surface area contributed by atoms with Gasteiger partial charge in [-0.05, 0) is 49.7 Å². The van der Waals surface area contributed by atoms with E-state index in [0.717, 1.165) is 19.6 Å². The molecule has 0 saturated carbocycles. The van der Waals surface area contributed by atoms with E-state index in [0.29, 0.717) is 6.04 Å². The van der Waals surface area contributed by atoms with Gasteiger partial charge in [0.15, 0.2) is 0 Å². The molecule has 0 radical (unpaired) electrons. The van der Waals surface area contributed by atoms with Crippen LogP contribution in [0.3, 0.4) is 0 Å². The van der Waals surface area contributed by atoms with Gasteiger partial charge in [0, 0.05) is 42.8 Å². The van der Waals surface area contributed by atoms with Crippen molar-refractivity contribution in [3.05, 3.63) is 71.4 Å². The highest BCUT2D eigenvalue weighted by Crippen LogP contribution is 2.18. The highest BCUT2D eigenvalue weighted by atomic mass is 15.1. The topological polar surface area (TPSA) is 31.1 Å². The molecule has 0 bridgehead atoms. The first-order valence-electron chi connectivity index (χ1n) is 8.68. The maximum Gasteiger partial charge on any atom is 0.0457 e. The first kappa shape index (κ1) is 16.7. The van der Waals surface area contributed by atoms with Crippen LogP contribution in [-0.4, -0.2) is 23.0 Å². The van der Waals surface area contributed by atoms with Gasteiger partial charge in [0.2, 0.25) is 0 Å². The third-order valence-electron chi connectivity index (χ3n) is 4.74. The maximum absolute atomic E-state index is 3.61. The molecule has 0 aliphatic heterocycles. The van der Waals surface area contributed by atoms with Crippen molar-refractivity contribution < 1.29 is 0 Å². The summed E-state index contributed by atoms with van der Waals surface area (Å²) < 4.78 is 0. The number of nitrogens with zero attached hydrogens (tertiary/aromatic N) is 1. The number of benzene rings is 2. The third kappa shape index (κ3) is 3.86. The number of aromatic amines is 1. The first-order chi connectivity index (χ1) is 11.6. The van der Waals surface area contributed by atoms with Crippen LogP contribution in [0, 0.1) is 0 Å². The summed E-state index contributed by atoms with van der Waals surface area (Å²) >= 11 is 0. The Morgan fingerprint density at radius 3 is 2.42 bits per heavy atom. The second-order valence-corrected chi connectivity index (χ2v) is 6.74. The van der Waals surface area contributed by atoms with Gasteiger partial charge in [-0.15, -0.1) is 0 Å². The van der Waals surface area contributed by atoms with Gasteiger partial charge in [0.1, 0.15) is 0 Å². The second kappa shape index (κ2) is 7.65. The molecule has 1 aromatic heterocycles. The van der Waals surface area contributed by atoms with Crippen LogP contribution in [-0.2, 0) is 19.6 Å². The lowest BCUT2D eigenvalue weighted by molar-refractivity contribution is 0.265. The minimum absolute atomic E-state index is 0.553. The molecule has 0 unspecified atom stereocenters. The quantitative estimate of drug-likeness (QED) is 0.680. The molecule has 0 aliphatic rings. The van der Waals surface area contributed by atoms with Crippen molar-refractivity contribution in [1.29, 1.82) is 0 Å². The van der Waals surface area contributed by atoms with Crippen LogP contribution in [0.25, 0.3) is 10.9 Å².